The molecule has 1 saturated heterocycles. The summed E-state index contributed by atoms with van der Waals surface area (Å²) in [5.41, 5.74) is 8.35. The van der Waals surface area contributed by atoms with Crippen molar-refractivity contribution < 1.29 is 4.52 Å². The van der Waals surface area contributed by atoms with Gasteiger partial charge in [-0.1, -0.05) is 81.3 Å². The fourth-order valence-electron chi connectivity index (χ4n) is 4.07. The summed E-state index contributed by atoms with van der Waals surface area (Å²) < 4.78 is 5.48. The van der Waals surface area contributed by atoms with E-state index in [-0.39, 0.29) is 24.6 Å². The second kappa shape index (κ2) is 12.7. The lowest BCUT2D eigenvalue weighted by Crippen LogP contribution is -2.36. The third kappa shape index (κ3) is 6.54. The minimum absolute atomic E-state index is 0. The number of rotatable bonds is 12. The van der Waals surface area contributed by atoms with Gasteiger partial charge >= 0.3 is 0 Å². The molecule has 3 N–H and O–H groups in total. The molecule has 0 amide bonds. The van der Waals surface area contributed by atoms with Crippen LogP contribution in [0, 0.1) is 5.41 Å². The van der Waals surface area contributed by atoms with Crippen molar-refractivity contribution in [3.63, 3.8) is 0 Å². The Bertz CT molecular complexity index is 748. The number of nitrogens with one attached hydrogen (secondary N) is 1. The molecule has 1 aliphatic rings. The van der Waals surface area contributed by atoms with Gasteiger partial charge in [0.25, 0.3) is 0 Å². The van der Waals surface area contributed by atoms with E-state index in [0.717, 1.165) is 24.8 Å². The van der Waals surface area contributed by atoms with E-state index in [1.165, 1.54) is 63.3 Å². The first-order valence-electron chi connectivity index (χ1n) is 11.2. The highest BCUT2D eigenvalue weighted by Gasteiger charge is 2.34. The van der Waals surface area contributed by atoms with Gasteiger partial charge in [-0.15, -0.1) is 12.4 Å². The van der Waals surface area contributed by atoms with Crippen LogP contribution >= 0.6 is 12.4 Å². The summed E-state index contributed by atoms with van der Waals surface area (Å²) in [5.74, 6) is 1.14. The lowest BCUT2D eigenvalue weighted by atomic mass is 10.0. The monoisotopic (exact) mass is 433 g/mol. The summed E-state index contributed by atoms with van der Waals surface area (Å²) in [6.45, 7) is 2.26. The highest BCUT2D eigenvalue weighted by Crippen LogP contribution is 2.33. The van der Waals surface area contributed by atoms with E-state index in [1.807, 2.05) is 0 Å². The number of benzene rings is 1. The largest absolute Gasteiger partial charge is 0.337 e. The lowest BCUT2D eigenvalue weighted by Gasteiger charge is -2.22. The summed E-state index contributed by atoms with van der Waals surface area (Å²) in [5, 5.41) is 11.7. The maximum absolute atomic E-state index is 7.56. The zero-order chi connectivity index (χ0) is 20.5. The van der Waals surface area contributed by atoms with Crippen molar-refractivity contribution in [3.05, 3.63) is 35.7 Å². The number of aromatic nitrogens is 2. The van der Waals surface area contributed by atoms with Gasteiger partial charge in [0, 0.05) is 5.56 Å². The molecule has 166 valence electrons. The van der Waals surface area contributed by atoms with Gasteiger partial charge in [0.1, 0.15) is 6.04 Å². The van der Waals surface area contributed by atoms with Gasteiger partial charge < -0.3 is 15.2 Å². The molecule has 2 heterocycles. The maximum Gasteiger partial charge on any atom is 0.249 e. The predicted octanol–water partition coefficient (Wildman–Crippen LogP) is 5.87. The molecule has 1 aromatic carbocycles. The molecule has 0 bridgehead atoms. The molecule has 1 fully saturated rings. The highest BCUT2D eigenvalue weighted by atomic mass is 35.5. The minimum Gasteiger partial charge on any atom is -0.337 e. The first-order chi connectivity index (χ1) is 14.2. The average Bonchev–Trinajstić information content (AvgIpc) is 3.37. The number of likely N-dealkylation sites (tertiary alicyclic amines) is 1. The Morgan fingerprint density at radius 1 is 1.07 bits per heavy atom. The number of unbranched alkanes of at least 4 members (excludes halogenated alkanes) is 7. The lowest BCUT2D eigenvalue weighted by molar-refractivity contribution is 0.260. The van der Waals surface area contributed by atoms with Gasteiger partial charge in [0.05, 0.1) is 12.5 Å². The van der Waals surface area contributed by atoms with Crippen molar-refractivity contribution in [2.45, 2.75) is 89.8 Å². The van der Waals surface area contributed by atoms with Crippen molar-refractivity contribution in [2.75, 3.05) is 0 Å². The molecule has 6 nitrogen and oxygen atoms in total. The summed E-state index contributed by atoms with van der Waals surface area (Å²) in [6, 6.07) is 8.39. The number of hydrogen-bond donors (Lipinski definition) is 2. The number of hydrogen-bond acceptors (Lipinski definition) is 5. The molecule has 7 heteroatoms. The first-order valence-corrected chi connectivity index (χ1v) is 11.2. The smallest absolute Gasteiger partial charge is 0.249 e. The number of halogens is 1. The quantitative estimate of drug-likeness (QED) is 0.248. The van der Waals surface area contributed by atoms with Crippen LogP contribution in [0.15, 0.2) is 28.8 Å². The molecular weight excluding hydrogens is 398 g/mol. The normalized spacial score (nSPS) is 18.4. The zero-order valence-corrected chi connectivity index (χ0v) is 18.9. The third-order valence-electron chi connectivity index (χ3n) is 5.89. The van der Waals surface area contributed by atoms with Crippen LogP contribution in [0.25, 0.3) is 11.4 Å². The van der Waals surface area contributed by atoms with Crippen LogP contribution in [-0.4, -0.2) is 27.5 Å². The molecule has 1 aliphatic heterocycles. The Kier molecular flexibility index (Phi) is 10.3. The molecule has 0 radical (unpaired) electrons. The summed E-state index contributed by atoms with van der Waals surface area (Å²) >= 11 is 0. The van der Waals surface area contributed by atoms with Crippen LogP contribution in [0.4, 0.5) is 0 Å². The Labute approximate surface area is 186 Å². The zero-order valence-electron chi connectivity index (χ0n) is 18.1. The van der Waals surface area contributed by atoms with E-state index in [4.69, 9.17) is 15.7 Å². The Hall–Kier alpha value is -1.92. The third-order valence-corrected chi connectivity index (χ3v) is 5.89. The van der Waals surface area contributed by atoms with E-state index in [0.29, 0.717) is 11.7 Å². The number of nitrogens with zero attached hydrogens (tertiary/aromatic N) is 3. The van der Waals surface area contributed by atoms with Crippen LogP contribution in [0.5, 0.6) is 0 Å². The van der Waals surface area contributed by atoms with Crippen molar-refractivity contribution in [3.8, 4) is 11.4 Å². The Morgan fingerprint density at radius 2 is 1.73 bits per heavy atom. The molecule has 30 heavy (non-hydrogen) atoms. The molecule has 0 aliphatic carbocycles. The first kappa shape index (κ1) is 24.4. The average molecular weight is 434 g/mol. The Morgan fingerprint density at radius 3 is 2.40 bits per heavy atom. The van der Waals surface area contributed by atoms with Crippen molar-refractivity contribution >= 4 is 18.7 Å². The molecule has 2 atom stereocenters. The van der Waals surface area contributed by atoms with Crippen LogP contribution in [0.1, 0.15) is 88.6 Å². The van der Waals surface area contributed by atoms with E-state index < -0.39 is 0 Å². The highest BCUT2D eigenvalue weighted by molar-refractivity contribution is 5.85. The van der Waals surface area contributed by atoms with Gasteiger partial charge in [-0.05, 0) is 31.2 Å². The van der Waals surface area contributed by atoms with Gasteiger partial charge in [0.2, 0.25) is 11.7 Å². The molecule has 0 saturated carbocycles. The van der Waals surface area contributed by atoms with Crippen molar-refractivity contribution in [2.24, 2.45) is 5.73 Å². The predicted molar refractivity (Wildman–Crippen MR) is 124 cm³/mol. The topological polar surface area (TPSA) is 92.0 Å². The second-order valence-electron chi connectivity index (χ2n) is 8.11. The van der Waals surface area contributed by atoms with Crippen LogP contribution in [0.2, 0.25) is 0 Å². The fourth-order valence-corrected chi connectivity index (χ4v) is 4.07. The Balaban J connectivity index is 0.00000320. The van der Waals surface area contributed by atoms with Crippen LogP contribution < -0.4 is 5.73 Å². The molecule has 2 unspecified atom stereocenters. The maximum atomic E-state index is 7.56. The molecule has 2 aromatic rings. The minimum atomic E-state index is -0.150. The van der Waals surface area contributed by atoms with Crippen LogP contribution in [-0.2, 0) is 6.42 Å². The van der Waals surface area contributed by atoms with E-state index >= 15 is 0 Å². The van der Waals surface area contributed by atoms with E-state index in [1.54, 1.807) is 4.90 Å². The van der Waals surface area contributed by atoms with Crippen molar-refractivity contribution in [1.82, 2.24) is 15.0 Å². The summed E-state index contributed by atoms with van der Waals surface area (Å²) in [7, 11) is 0. The second-order valence-corrected chi connectivity index (χ2v) is 8.11. The summed E-state index contributed by atoms with van der Waals surface area (Å²) in [4.78, 5) is 6.35. The SMILES string of the molecule is CCCCCCCCCCc1ccc(-c2noc(C3CCC(N)N3C=N)n2)cc1.Cl. The van der Waals surface area contributed by atoms with Gasteiger partial charge in [-0.3, -0.25) is 5.41 Å². The fraction of sp³-hybridized carbons (Fsp3) is 0.609. The van der Waals surface area contributed by atoms with E-state index in [9.17, 15) is 0 Å². The molecular formula is C23H36ClN5O. The number of nitrogens with two attached hydrogens (primary N) is 1. The van der Waals surface area contributed by atoms with Gasteiger partial charge in [-0.2, -0.15) is 4.98 Å². The van der Waals surface area contributed by atoms with Crippen LogP contribution in [0.3, 0.4) is 0 Å². The van der Waals surface area contributed by atoms with Gasteiger partial charge in [0.15, 0.2) is 0 Å². The van der Waals surface area contributed by atoms with Gasteiger partial charge in [-0.25, -0.2) is 0 Å². The molecule has 3 rings (SSSR count). The number of aryl methyl sites for hydroxylation is 1. The summed E-state index contributed by atoms with van der Waals surface area (Å²) in [6.07, 6.45) is 14.7. The molecule has 1 aromatic heterocycles. The standard InChI is InChI=1S/C23H35N5O.ClH/c1-2-3-4-5-6-7-8-9-10-18-11-13-19(14-12-18)22-26-23(29-27-22)20-15-16-21(25)28(20)17-24;/h11-14,17,20-21,24H,2-10,15-16,25H2,1H3;1H. The molecule has 0 spiro atoms. The van der Waals surface area contributed by atoms with Crippen molar-refractivity contribution in [1.29, 1.82) is 5.41 Å². The van der Waals surface area contributed by atoms with E-state index in [2.05, 4.69) is 41.3 Å².